The maximum absolute atomic E-state index is 12.3. The fraction of sp³-hybridized carbons (Fsp3) is 0.652. The summed E-state index contributed by atoms with van der Waals surface area (Å²) in [7, 11) is 3.39. The van der Waals surface area contributed by atoms with Gasteiger partial charge >= 0.3 is 11.4 Å². The van der Waals surface area contributed by atoms with Gasteiger partial charge in [-0.15, -0.1) is 0 Å². The van der Waals surface area contributed by atoms with Crippen LogP contribution < -0.4 is 22.5 Å². The van der Waals surface area contributed by atoms with Crippen LogP contribution in [0.3, 0.4) is 0 Å². The van der Waals surface area contributed by atoms with Crippen molar-refractivity contribution in [1.82, 2.24) is 18.3 Å². The molecule has 2 aliphatic heterocycles. The summed E-state index contributed by atoms with van der Waals surface area (Å²) in [5, 5.41) is 0. The molecule has 0 saturated carbocycles. The van der Waals surface area contributed by atoms with Gasteiger partial charge in [-0.25, -0.2) is 9.59 Å². The molecule has 0 aliphatic carbocycles. The molecule has 10 heteroatoms. The minimum Gasteiger partial charge on any atom is -0.376 e. The summed E-state index contributed by atoms with van der Waals surface area (Å²) in [4.78, 5) is 48.7. The second kappa shape index (κ2) is 8.57. The van der Waals surface area contributed by atoms with Gasteiger partial charge in [0.15, 0.2) is 0 Å². The largest absolute Gasteiger partial charge is 0.376 e. The molecule has 0 atom stereocenters. The van der Waals surface area contributed by atoms with E-state index < -0.39 is 11.1 Å². The Labute approximate surface area is 192 Å². The average Bonchev–Trinajstić information content (AvgIpc) is 3.20. The number of fused-ring (bicyclic) bond motifs is 2. The fourth-order valence-corrected chi connectivity index (χ4v) is 4.19. The molecule has 10 nitrogen and oxygen atoms in total. The second-order valence-corrected chi connectivity index (χ2v) is 10.5. The first-order valence-electron chi connectivity index (χ1n) is 11.0. The second-order valence-electron chi connectivity index (χ2n) is 10.5. The Balaban J connectivity index is 0.000000186. The maximum atomic E-state index is 12.3. The van der Waals surface area contributed by atoms with Crippen LogP contribution in [0.5, 0.6) is 0 Å². The van der Waals surface area contributed by atoms with Gasteiger partial charge in [0.2, 0.25) is 0 Å². The highest BCUT2D eigenvalue weighted by atomic mass is 16.5. The van der Waals surface area contributed by atoms with Gasteiger partial charge in [-0.2, -0.15) is 0 Å². The predicted octanol–water partition coefficient (Wildman–Crippen LogP) is 0.707. The normalized spacial score (nSPS) is 15.5. The minimum absolute atomic E-state index is 0.213. The van der Waals surface area contributed by atoms with Crippen LogP contribution in [0.1, 0.15) is 64.1 Å². The number of ether oxygens (including phenoxy) is 2. The quantitative estimate of drug-likeness (QED) is 0.571. The molecule has 4 rings (SSSR count). The van der Waals surface area contributed by atoms with Crippen molar-refractivity contribution in [2.45, 2.75) is 78.9 Å². The molecule has 0 aromatic carbocycles. The Kier molecular flexibility index (Phi) is 6.47. The molecule has 0 fully saturated rings. The van der Waals surface area contributed by atoms with Crippen LogP contribution in [0.15, 0.2) is 19.2 Å². The van der Waals surface area contributed by atoms with Gasteiger partial charge in [-0.1, -0.05) is 0 Å². The topological polar surface area (TPSA) is 106 Å². The fourth-order valence-electron chi connectivity index (χ4n) is 4.19. The van der Waals surface area contributed by atoms with Crippen molar-refractivity contribution in [2.24, 2.45) is 14.1 Å². The van der Waals surface area contributed by atoms with Crippen molar-refractivity contribution in [3.05, 3.63) is 64.2 Å². The number of hydrogen-bond acceptors (Lipinski definition) is 6. The Morgan fingerprint density at radius 3 is 1.55 bits per heavy atom. The summed E-state index contributed by atoms with van der Waals surface area (Å²) in [6.07, 6.45) is 0.626. The molecular weight excluding hydrogens is 428 g/mol. The lowest BCUT2D eigenvalue weighted by molar-refractivity contribution is 0.104. The molecule has 0 saturated heterocycles. The Morgan fingerprint density at radius 2 is 1.06 bits per heavy atom. The summed E-state index contributed by atoms with van der Waals surface area (Å²) in [6, 6.07) is 0. The zero-order valence-corrected chi connectivity index (χ0v) is 20.8. The van der Waals surface area contributed by atoms with E-state index in [9.17, 15) is 19.2 Å². The Hall–Kier alpha value is -2.72. The van der Waals surface area contributed by atoms with Gasteiger partial charge in [0.05, 0.1) is 43.2 Å². The molecule has 4 heterocycles. The van der Waals surface area contributed by atoms with E-state index in [1.54, 1.807) is 18.7 Å². The van der Waals surface area contributed by atoms with E-state index >= 15 is 0 Å². The molecule has 2 aromatic heterocycles. The summed E-state index contributed by atoms with van der Waals surface area (Å²) in [5.41, 5.74) is 0.762. The Morgan fingerprint density at radius 1 is 0.636 bits per heavy atom. The summed E-state index contributed by atoms with van der Waals surface area (Å²) >= 11 is 0. The lowest BCUT2D eigenvalue weighted by Crippen LogP contribution is -2.50. The SMILES string of the molecule is Cn1c2c(c(=O)n(C(C)(C)C)c1=O)COC2.Cn1c2c(c(=O)n(C(C)(C)C)c1=O)COCC2. The van der Waals surface area contributed by atoms with E-state index in [2.05, 4.69) is 0 Å². The molecule has 0 bridgehead atoms. The summed E-state index contributed by atoms with van der Waals surface area (Å²) < 4.78 is 16.2. The smallest absolute Gasteiger partial charge is 0.331 e. The zero-order chi connectivity index (χ0) is 24.9. The first-order valence-corrected chi connectivity index (χ1v) is 11.0. The lowest BCUT2D eigenvalue weighted by Gasteiger charge is -2.26. The van der Waals surface area contributed by atoms with Gasteiger partial charge in [0, 0.05) is 37.3 Å². The zero-order valence-electron chi connectivity index (χ0n) is 20.8. The van der Waals surface area contributed by atoms with Gasteiger partial charge in [0.25, 0.3) is 11.1 Å². The van der Waals surface area contributed by atoms with E-state index in [4.69, 9.17) is 9.47 Å². The van der Waals surface area contributed by atoms with Gasteiger partial charge in [0.1, 0.15) is 0 Å². The third kappa shape index (κ3) is 4.41. The average molecular weight is 463 g/mol. The predicted molar refractivity (Wildman–Crippen MR) is 124 cm³/mol. The first-order chi connectivity index (χ1) is 15.2. The van der Waals surface area contributed by atoms with Crippen molar-refractivity contribution < 1.29 is 9.47 Å². The van der Waals surface area contributed by atoms with E-state index in [1.807, 2.05) is 41.5 Å². The third-order valence-electron chi connectivity index (χ3n) is 5.94. The van der Waals surface area contributed by atoms with E-state index in [0.29, 0.717) is 49.7 Å². The summed E-state index contributed by atoms with van der Waals surface area (Å²) in [5.74, 6) is 0. The van der Waals surface area contributed by atoms with Crippen molar-refractivity contribution in [3.63, 3.8) is 0 Å². The molecule has 33 heavy (non-hydrogen) atoms. The molecule has 0 amide bonds. The third-order valence-corrected chi connectivity index (χ3v) is 5.94. The molecule has 2 aliphatic rings. The van der Waals surface area contributed by atoms with E-state index in [0.717, 1.165) is 5.69 Å². The van der Waals surface area contributed by atoms with Crippen LogP contribution in [-0.2, 0) is 60.9 Å². The Bertz CT molecular complexity index is 1310. The lowest BCUT2D eigenvalue weighted by atomic mass is 10.1. The molecule has 0 unspecified atom stereocenters. The molecule has 2 aromatic rings. The number of rotatable bonds is 0. The molecular formula is C23H34N4O6. The highest BCUT2D eigenvalue weighted by Crippen LogP contribution is 2.16. The highest BCUT2D eigenvalue weighted by Gasteiger charge is 2.27. The molecule has 0 N–H and O–H groups in total. The first kappa shape index (κ1) is 24.9. The monoisotopic (exact) mass is 462 g/mol. The minimum atomic E-state index is -0.515. The van der Waals surface area contributed by atoms with Crippen molar-refractivity contribution in [3.8, 4) is 0 Å². The van der Waals surface area contributed by atoms with Crippen molar-refractivity contribution in [1.29, 1.82) is 0 Å². The number of hydrogen-bond donors (Lipinski definition) is 0. The van der Waals surface area contributed by atoms with Crippen LogP contribution >= 0.6 is 0 Å². The summed E-state index contributed by atoms with van der Waals surface area (Å²) in [6.45, 7) is 12.6. The van der Waals surface area contributed by atoms with Crippen LogP contribution in [0, 0.1) is 0 Å². The standard InChI is InChI=1S/C12H18N2O3.C11H16N2O3/c1-12(2,3)14-10(15)8-7-17-6-5-9(8)13(4)11(14)16;1-11(2,3)13-9(14)7-5-16-6-8(7)12(4)10(13)15/h5-7H2,1-4H3;5-6H2,1-4H3. The number of nitrogens with zero attached hydrogens (tertiary/aromatic N) is 4. The van der Waals surface area contributed by atoms with Gasteiger partial charge in [-0.3, -0.25) is 23.3 Å². The van der Waals surface area contributed by atoms with E-state index in [-0.39, 0.29) is 22.5 Å². The molecule has 182 valence electrons. The van der Waals surface area contributed by atoms with E-state index in [1.165, 1.54) is 13.7 Å². The van der Waals surface area contributed by atoms with Crippen molar-refractivity contribution >= 4 is 0 Å². The van der Waals surface area contributed by atoms with Crippen LogP contribution in [-0.4, -0.2) is 24.9 Å². The van der Waals surface area contributed by atoms with Crippen LogP contribution in [0.2, 0.25) is 0 Å². The van der Waals surface area contributed by atoms with Gasteiger partial charge in [-0.05, 0) is 41.5 Å². The van der Waals surface area contributed by atoms with Crippen LogP contribution in [0.25, 0.3) is 0 Å². The molecule has 0 radical (unpaired) electrons. The molecule has 0 spiro atoms. The van der Waals surface area contributed by atoms with Crippen molar-refractivity contribution in [2.75, 3.05) is 6.61 Å². The van der Waals surface area contributed by atoms with Crippen LogP contribution in [0.4, 0.5) is 0 Å². The van der Waals surface area contributed by atoms with Gasteiger partial charge < -0.3 is 14.0 Å². The maximum Gasteiger partial charge on any atom is 0.331 e. The number of aromatic nitrogens is 4. The highest BCUT2D eigenvalue weighted by molar-refractivity contribution is 5.21.